The Morgan fingerprint density at radius 2 is 1.54 bits per heavy atom. The van der Waals surface area contributed by atoms with E-state index in [9.17, 15) is 49.1 Å². The average molecular weight is 674 g/mol. The molecule has 2 amide bonds. The molecular formula is C23H16BrCl2F9N2O2. The molecule has 0 aromatic heterocycles. The van der Waals surface area contributed by atoms with Crippen LogP contribution in [0.25, 0.3) is 6.08 Å². The number of carbonyl (C=O) groups excluding carboxylic acids is 2. The van der Waals surface area contributed by atoms with Crippen LogP contribution >= 0.6 is 39.1 Å². The smallest absolute Gasteiger partial charge is 0.345 e. The van der Waals surface area contributed by atoms with Gasteiger partial charge in [0.1, 0.15) is 12.6 Å². The van der Waals surface area contributed by atoms with Gasteiger partial charge < -0.3 is 10.6 Å². The standard InChI is InChI=1S/C23H16BrCl2F9N2O2/c1-10(19(38)36-9-21(27,28)29)37-20(39)13-4-2-11(6-15(13)23(33,34)35)3-5-14(22(30,31)32)12-7-16(25)18(24)17(26)8-12/h2-8,10,14H,9H2,1H3,(H,36,38)(H,37,39)/b5-3+. The van der Waals surface area contributed by atoms with Gasteiger partial charge in [-0.25, -0.2) is 0 Å². The fraction of sp³-hybridized carbons (Fsp3) is 0.304. The number of allylic oxidation sites excluding steroid dienone is 1. The summed E-state index contributed by atoms with van der Waals surface area (Å²) in [6.07, 6.45) is -13.5. The molecule has 2 N–H and O–H groups in total. The van der Waals surface area contributed by atoms with Crippen LogP contribution in [0.15, 0.2) is 40.9 Å². The lowest BCUT2D eigenvalue weighted by molar-refractivity contribution is -0.139. The summed E-state index contributed by atoms with van der Waals surface area (Å²) in [5.74, 6) is -5.06. The lowest BCUT2D eigenvalue weighted by atomic mass is 9.96. The summed E-state index contributed by atoms with van der Waals surface area (Å²) in [5, 5.41) is 3.07. The van der Waals surface area contributed by atoms with Crippen LogP contribution in [0.1, 0.15) is 39.9 Å². The second kappa shape index (κ2) is 12.4. The molecule has 16 heteroatoms. The van der Waals surface area contributed by atoms with Gasteiger partial charge in [0.25, 0.3) is 5.91 Å². The van der Waals surface area contributed by atoms with Crippen LogP contribution in [0.4, 0.5) is 39.5 Å². The average Bonchev–Trinajstić information content (AvgIpc) is 2.78. The van der Waals surface area contributed by atoms with Gasteiger partial charge in [0.05, 0.1) is 31.6 Å². The predicted molar refractivity (Wildman–Crippen MR) is 129 cm³/mol. The van der Waals surface area contributed by atoms with Crippen LogP contribution in [0, 0.1) is 0 Å². The Morgan fingerprint density at radius 3 is 2.03 bits per heavy atom. The maximum Gasteiger partial charge on any atom is 0.417 e. The molecule has 0 bridgehead atoms. The van der Waals surface area contributed by atoms with Gasteiger partial charge in [0.2, 0.25) is 5.91 Å². The molecule has 214 valence electrons. The number of halogens is 12. The number of carbonyl (C=O) groups is 2. The fourth-order valence-corrected chi connectivity index (χ4v) is 3.88. The molecule has 4 nitrogen and oxygen atoms in total. The van der Waals surface area contributed by atoms with Crippen molar-refractivity contribution in [3.05, 3.63) is 73.2 Å². The van der Waals surface area contributed by atoms with Crippen molar-refractivity contribution in [1.82, 2.24) is 10.6 Å². The molecule has 2 rings (SSSR count). The molecular weight excluding hydrogens is 658 g/mol. The summed E-state index contributed by atoms with van der Waals surface area (Å²) in [7, 11) is 0. The van der Waals surface area contributed by atoms with E-state index in [1.54, 1.807) is 0 Å². The minimum atomic E-state index is -5.16. The highest BCUT2D eigenvalue weighted by Crippen LogP contribution is 2.41. The summed E-state index contributed by atoms with van der Waals surface area (Å²) in [6, 6.07) is 2.33. The first-order chi connectivity index (χ1) is 17.7. The van der Waals surface area contributed by atoms with Gasteiger partial charge in [-0.3, -0.25) is 9.59 Å². The molecule has 0 spiro atoms. The van der Waals surface area contributed by atoms with Crippen LogP contribution in [0.2, 0.25) is 10.0 Å². The zero-order chi connectivity index (χ0) is 29.9. The van der Waals surface area contributed by atoms with Gasteiger partial charge in [0.15, 0.2) is 0 Å². The molecule has 0 saturated heterocycles. The highest BCUT2D eigenvalue weighted by molar-refractivity contribution is 9.10. The monoisotopic (exact) mass is 672 g/mol. The van der Waals surface area contributed by atoms with E-state index in [1.165, 1.54) is 5.32 Å². The maximum atomic E-state index is 13.7. The van der Waals surface area contributed by atoms with E-state index in [2.05, 4.69) is 15.9 Å². The zero-order valence-corrected chi connectivity index (χ0v) is 22.4. The normalized spacial score (nSPS) is 14.3. The van der Waals surface area contributed by atoms with Crippen LogP contribution in [0.5, 0.6) is 0 Å². The van der Waals surface area contributed by atoms with Gasteiger partial charge >= 0.3 is 18.5 Å². The van der Waals surface area contributed by atoms with Crippen molar-refractivity contribution < 1.29 is 49.1 Å². The molecule has 39 heavy (non-hydrogen) atoms. The fourth-order valence-electron chi connectivity index (χ4n) is 3.15. The van der Waals surface area contributed by atoms with E-state index in [0.29, 0.717) is 18.2 Å². The Hall–Kier alpha value is -2.45. The molecule has 2 aromatic rings. The number of amides is 2. The maximum absolute atomic E-state index is 13.7. The molecule has 0 aliphatic rings. The van der Waals surface area contributed by atoms with E-state index in [-0.39, 0.29) is 25.6 Å². The molecule has 0 radical (unpaired) electrons. The van der Waals surface area contributed by atoms with Crippen molar-refractivity contribution in [3.63, 3.8) is 0 Å². The molecule has 2 atom stereocenters. The number of hydrogen-bond acceptors (Lipinski definition) is 2. The topological polar surface area (TPSA) is 58.2 Å². The number of rotatable bonds is 7. The Kier molecular flexibility index (Phi) is 10.4. The van der Waals surface area contributed by atoms with Gasteiger partial charge in [-0.2, -0.15) is 39.5 Å². The highest BCUT2D eigenvalue weighted by atomic mass is 79.9. The van der Waals surface area contributed by atoms with Gasteiger partial charge in [-0.15, -0.1) is 0 Å². The highest BCUT2D eigenvalue weighted by Gasteiger charge is 2.40. The third-order valence-corrected chi connectivity index (χ3v) is 6.90. The summed E-state index contributed by atoms with van der Waals surface area (Å²) >= 11 is 14.8. The van der Waals surface area contributed by atoms with Gasteiger partial charge in [0, 0.05) is 0 Å². The SMILES string of the molecule is CC(NC(=O)c1ccc(/C=C/C(c2cc(Cl)c(Br)c(Cl)c2)C(F)(F)F)cc1C(F)(F)F)C(=O)NCC(F)(F)F. The van der Waals surface area contributed by atoms with Crippen molar-refractivity contribution in [3.8, 4) is 0 Å². The minimum absolute atomic E-state index is 0.129. The van der Waals surface area contributed by atoms with E-state index in [0.717, 1.165) is 31.2 Å². The first-order valence-corrected chi connectivity index (χ1v) is 12.0. The Labute approximate surface area is 233 Å². The molecule has 0 aliphatic heterocycles. The molecule has 2 unspecified atom stereocenters. The largest absolute Gasteiger partial charge is 0.417 e. The number of alkyl halides is 9. The molecule has 0 fully saturated rings. The van der Waals surface area contributed by atoms with Crippen LogP contribution < -0.4 is 10.6 Å². The van der Waals surface area contributed by atoms with Crippen LogP contribution in [0.3, 0.4) is 0 Å². The number of benzene rings is 2. The second-order valence-corrected chi connectivity index (χ2v) is 9.62. The molecule has 0 saturated carbocycles. The number of nitrogens with one attached hydrogen (secondary N) is 2. The van der Waals surface area contributed by atoms with Crippen LogP contribution in [-0.4, -0.2) is 36.8 Å². The van der Waals surface area contributed by atoms with E-state index in [1.807, 2.05) is 5.32 Å². The Balaban J connectivity index is 2.37. The summed E-state index contributed by atoms with van der Waals surface area (Å²) in [6.45, 7) is -0.773. The van der Waals surface area contributed by atoms with Crippen molar-refractivity contribution in [2.75, 3.05) is 6.54 Å². The second-order valence-electron chi connectivity index (χ2n) is 8.01. The van der Waals surface area contributed by atoms with Gasteiger partial charge in [-0.05, 0) is 58.2 Å². The van der Waals surface area contributed by atoms with E-state index < -0.39 is 60.0 Å². The lowest BCUT2D eigenvalue weighted by Crippen LogP contribution is -2.47. The molecule has 0 heterocycles. The van der Waals surface area contributed by atoms with Crippen LogP contribution in [-0.2, 0) is 11.0 Å². The quantitative estimate of drug-likeness (QED) is 0.232. The first kappa shape index (κ1) is 32.8. The lowest BCUT2D eigenvalue weighted by Gasteiger charge is -2.19. The molecule has 2 aromatic carbocycles. The summed E-state index contributed by atoms with van der Waals surface area (Å²) in [5.41, 5.74) is -3.31. The Morgan fingerprint density at radius 1 is 0.974 bits per heavy atom. The van der Waals surface area contributed by atoms with Crippen molar-refractivity contribution in [2.24, 2.45) is 0 Å². The van der Waals surface area contributed by atoms with Crippen molar-refractivity contribution in [2.45, 2.75) is 37.4 Å². The minimum Gasteiger partial charge on any atom is -0.345 e. The molecule has 0 aliphatic carbocycles. The van der Waals surface area contributed by atoms with E-state index >= 15 is 0 Å². The van der Waals surface area contributed by atoms with Crippen molar-refractivity contribution >= 4 is 57.0 Å². The third-order valence-electron chi connectivity index (χ3n) is 5.00. The summed E-state index contributed by atoms with van der Waals surface area (Å²) < 4.78 is 119. The van der Waals surface area contributed by atoms with Crippen molar-refractivity contribution in [1.29, 1.82) is 0 Å². The first-order valence-electron chi connectivity index (χ1n) is 10.5. The van der Waals surface area contributed by atoms with Gasteiger partial charge in [-0.1, -0.05) is 41.4 Å². The van der Waals surface area contributed by atoms with E-state index in [4.69, 9.17) is 23.2 Å². The predicted octanol–water partition coefficient (Wildman–Crippen LogP) is 7.93. The number of hydrogen-bond donors (Lipinski definition) is 2. The Bertz CT molecular complexity index is 1240. The zero-order valence-electron chi connectivity index (χ0n) is 19.3. The summed E-state index contributed by atoms with van der Waals surface area (Å²) in [4.78, 5) is 24.1. The third kappa shape index (κ3) is 9.31.